The molecule has 1 amide bonds. The Balaban J connectivity index is 1.92. The van der Waals surface area contributed by atoms with Gasteiger partial charge in [0.05, 0.1) is 17.3 Å². The molecule has 1 aliphatic rings. The number of aromatic nitrogens is 2. The van der Waals surface area contributed by atoms with Gasteiger partial charge in [0, 0.05) is 17.1 Å². The fraction of sp³-hybridized carbons (Fsp3) is 0.385. The molecule has 3 rings (SSSR count). The van der Waals surface area contributed by atoms with Gasteiger partial charge in [-0.3, -0.25) is 9.89 Å². The van der Waals surface area contributed by atoms with Crippen LogP contribution in [0.25, 0.3) is 10.9 Å². The zero-order valence-corrected chi connectivity index (χ0v) is 10.1. The van der Waals surface area contributed by atoms with Gasteiger partial charge in [-0.1, -0.05) is 12.8 Å². The van der Waals surface area contributed by atoms with Crippen molar-refractivity contribution in [2.45, 2.75) is 31.7 Å². The first kappa shape index (κ1) is 11.1. The Morgan fingerprint density at radius 3 is 2.94 bits per heavy atom. The number of fused-ring (bicyclic) bond motifs is 1. The maximum absolute atomic E-state index is 12.3. The van der Waals surface area contributed by atoms with Crippen molar-refractivity contribution in [2.75, 3.05) is 5.73 Å². The third-order valence-electron chi connectivity index (χ3n) is 3.52. The largest absolute Gasteiger partial charge is 0.399 e. The van der Waals surface area contributed by atoms with Crippen molar-refractivity contribution in [3.05, 3.63) is 23.9 Å². The van der Waals surface area contributed by atoms with Crippen molar-refractivity contribution in [2.24, 2.45) is 0 Å². The lowest BCUT2D eigenvalue weighted by molar-refractivity contribution is 0.0939. The first-order valence-electron chi connectivity index (χ1n) is 6.27. The van der Waals surface area contributed by atoms with Gasteiger partial charge >= 0.3 is 0 Å². The van der Waals surface area contributed by atoms with Crippen LogP contribution in [0.3, 0.4) is 0 Å². The molecule has 2 aromatic rings. The van der Waals surface area contributed by atoms with E-state index < -0.39 is 0 Å². The summed E-state index contributed by atoms with van der Waals surface area (Å²) in [6, 6.07) is 3.80. The molecule has 18 heavy (non-hydrogen) atoms. The van der Waals surface area contributed by atoms with E-state index in [9.17, 15) is 4.79 Å². The Hall–Kier alpha value is -2.04. The second kappa shape index (κ2) is 4.33. The van der Waals surface area contributed by atoms with Gasteiger partial charge in [0.2, 0.25) is 0 Å². The number of H-pyrrole nitrogens is 1. The highest BCUT2D eigenvalue weighted by molar-refractivity contribution is 6.07. The fourth-order valence-corrected chi connectivity index (χ4v) is 2.59. The minimum Gasteiger partial charge on any atom is -0.399 e. The summed E-state index contributed by atoms with van der Waals surface area (Å²) in [4.78, 5) is 12.3. The molecular weight excluding hydrogens is 228 g/mol. The van der Waals surface area contributed by atoms with Crippen molar-refractivity contribution in [1.82, 2.24) is 15.5 Å². The van der Waals surface area contributed by atoms with Crippen molar-refractivity contribution < 1.29 is 4.79 Å². The van der Waals surface area contributed by atoms with Gasteiger partial charge in [0.25, 0.3) is 5.91 Å². The number of amides is 1. The summed E-state index contributed by atoms with van der Waals surface area (Å²) in [6.07, 6.45) is 6.20. The highest BCUT2D eigenvalue weighted by Gasteiger charge is 2.19. The number of hydrogen-bond acceptors (Lipinski definition) is 3. The highest BCUT2D eigenvalue weighted by atomic mass is 16.1. The standard InChI is InChI=1S/C13H16N4O/c14-8-5-10(11-7-15-17-12(11)6-8)13(18)16-9-3-1-2-4-9/h5-7,9H,1-4,14H2,(H,15,17)(H,16,18). The van der Waals surface area contributed by atoms with Gasteiger partial charge in [-0.25, -0.2) is 0 Å². The van der Waals surface area contributed by atoms with Crippen LogP contribution in [0.4, 0.5) is 5.69 Å². The predicted molar refractivity (Wildman–Crippen MR) is 70.2 cm³/mol. The fourth-order valence-electron chi connectivity index (χ4n) is 2.59. The summed E-state index contributed by atoms with van der Waals surface area (Å²) >= 11 is 0. The minimum atomic E-state index is -0.0550. The van der Waals surface area contributed by atoms with E-state index in [4.69, 9.17) is 5.73 Å². The summed E-state index contributed by atoms with van der Waals surface area (Å²) in [6.45, 7) is 0. The SMILES string of the molecule is Nc1cc(C(=O)NC2CCCC2)c2cn[nH]c2c1. The second-order valence-electron chi connectivity index (χ2n) is 4.85. The molecule has 0 radical (unpaired) electrons. The first-order chi connectivity index (χ1) is 8.74. The summed E-state index contributed by atoms with van der Waals surface area (Å²) < 4.78 is 0. The van der Waals surface area contributed by atoms with Gasteiger partial charge in [-0.15, -0.1) is 0 Å². The number of rotatable bonds is 2. The van der Waals surface area contributed by atoms with Crippen LogP contribution in [-0.2, 0) is 0 Å². The van der Waals surface area contributed by atoms with Crippen LogP contribution in [0.15, 0.2) is 18.3 Å². The molecule has 1 saturated carbocycles. The van der Waals surface area contributed by atoms with Gasteiger partial charge in [0.15, 0.2) is 0 Å². The lowest BCUT2D eigenvalue weighted by atomic mass is 10.1. The quantitative estimate of drug-likeness (QED) is 0.704. The van der Waals surface area contributed by atoms with Crippen molar-refractivity contribution >= 4 is 22.5 Å². The molecule has 94 valence electrons. The smallest absolute Gasteiger partial charge is 0.252 e. The Bertz CT molecular complexity index is 584. The monoisotopic (exact) mass is 244 g/mol. The normalized spacial score (nSPS) is 16.2. The summed E-state index contributed by atoms with van der Waals surface area (Å²) in [5.74, 6) is -0.0550. The van der Waals surface area contributed by atoms with Crippen LogP contribution in [0, 0.1) is 0 Å². The number of nitrogens with zero attached hydrogens (tertiary/aromatic N) is 1. The van der Waals surface area contributed by atoms with Gasteiger partial charge in [0.1, 0.15) is 0 Å². The lowest BCUT2D eigenvalue weighted by Gasteiger charge is -2.12. The number of anilines is 1. The average Bonchev–Trinajstić information content (AvgIpc) is 2.97. The molecule has 0 unspecified atom stereocenters. The third kappa shape index (κ3) is 1.92. The van der Waals surface area contributed by atoms with Crippen LogP contribution >= 0.6 is 0 Å². The number of aromatic amines is 1. The Kier molecular flexibility index (Phi) is 2.66. The van der Waals surface area contributed by atoms with E-state index in [0.29, 0.717) is 17.3 Å². The van der Waals surface area contributed by atoms with Crippen molar-refractivity contribution in [1.29, 1.82) is 0 Å². The van der Waals surface area contributed by atoms with E-state index in [1.54, 1.807) is 18.3 Å². The lowest BCUT2D eigenvalue weighted by Crippen LogP contribution is -2.32. The molecular formula is C13H16N4O. The molecule has 0 aliphatic heterocycles. The van der Waals surface area contributed by atoms with E-state index in [1.807, 2.05) is 0 Å². The highest BCUT2D eigenvalue weighted by Crippen LogP contribution is 2.22. The molecule has 5 nitrogen and oxygen atoms in total. The number of carbonyl (C=O) groups is 1. The van der Waals surface area contributed by atoms with Crippen molar-refractivity contribution in [3.63, 3.8) is 0 Å². The maximum Gasteiger partial charge on any atom is 0.252 e. The molecule has 4 N–H and O–H groups in total. The maximum atomic E-state index is 12.3. The Labute approximate surface area is 105 Å². The number of nitrogens with two attached hydrogens (primary N) is 1. The molecule has 0 atom stereocenters. The zero-order chi connectivity index (χ0) is 12.5. The second-order valence-corrected chi connectivity index (χ2v) is 4.85. The summed E-state index contributed by atoms with van der Waals surface area (Å²) in [5, 5.41) is 10.7. The number of nitrogen functional groups attached to an aromatic ring is 1. The van der Waals surface area contributed by atoms with E-state index in [1.165, 1.54) is 12.8 Å². The molecule has 5 heteroatoms. The average molecular weight is 244 g/mol. The summed E-state index contributed by atoms with van der Waals surface area (Å²) in [7, 11) is 0. The van der Waals surface area contributed by atoms with Gasteiger partial charge in [-0.2, -0.15) is 5.10 Å². The van der Waals surface area contributed by atoms with E-state index in [0.717, 1.165) is 23.7 Å². The summed E-state index contributed by atoms with van der Waals surface area (Å²) in [5.41, 5.74) is 7.77. The molecule has 0 bridgehead atoms. The molecule has 1 heterocycles. The number of nitrogens with one attached hydrogen (secondary N) is 2. The van der Waals surface area contributed by atoms with Crippen molar-refractivity contribution in [3.8, 4) is 0 Å². The number of hydrogen-bond donors (Lipinski definition) is 3. The number of carbonyl (C=O) groups excluding carboxylic acids is 1. The zero-order valence-electron chi connectivity index (χ0n) is 10.1. The van der Waals surface area contributed by atoms with Crippen LogP contribution in [0.1, 0.15) is 36.0 Å². The number of benzene rings is 1. The van der Waals surface area contributed by atoms with Gasteiger partial charge < -0.3 is 11.1 Å². The molecule has 0 saturated heterocycles. The van der Waals surface area contributed by atoms with Crippen LogP contribution < -0.4 is 11.1 Å². The molecule has 1 fully saturated rings. The minimum absolute atomic E-state index is 0.0550. The van der Waals surface area contributed by atoms with Gasteiger partial charge in [-0.05, 0) is 25.0 Å². The topological polar surface area (TPSA) is 83.8 Å². The van der Waals surface area contributed by atoms with Crippen LogP contribution in [0.2, 0.25) is 0 Å². The van der Waals surface area contributed by atoms with E-state index in [-0.39, 0.29) is 5.91 Å². The van der Waals surface area contributed by atoms with E-state index >= 15 is 0 Å². The van der Waals surface area contributed by atoms with Crippen LogP contribution in [-0.4, -0.2) is 22.1 Å². The third-order valence-corrected chi connectivity index (χ3v) is 3.52. The Morgan fingerprint density at radius 1 is 1.39 bits per heavy atom. The predicted octanol–water partition coefficient (Wildman–Crippen LogP) is 1.82. The molecule has 1 aliphatic carbocycles. The molecule has 1 aromatic carbocycles. The van der Waals surface area contributed by atoms with Crippen LogP contribution in [0.5, 0.6) is 0 Å². The molecule has 1 aromatic heterocycles. The molecule has 0 spiro atoms. The van der Waals surface area contributed by atoms with E-state index in [2.05, 4.69) is 15.5 Å². The first-order valence-corrected chi connectivity index (χ1v) is 6.27. The Morgan fingerprint density at radius 2 is 2.17 bits per heavy atom.